The minimum absolute atomic E-state index is 0.0610. The number of oxazole rings is 1. The predicted molar refractivity (Wildman–Crippen MR) is 173 cm³/mol. The normalized spacial score (nSPS) is 18.0. The molecule has 2 aromatic carbocycles. The first-order valence-electron chi connectivity index (χ1n) is 15.3. The molecule has 3 N–H and O–H groups in total. The number of hydrogen-bond acceptors (Lipinski definition) is 9. The summed E-state index contributed by atoms with van der Waals surface area (Å²) in [6.45, 7) is 1.94. The van der Waals surface area contributed by atoms with Crippen LogP contribution >= 0.6 is 11.6 Å². The highest BCUT2D eigenvalue weighted by Crippen LogP contribution is 2.39. The van der Waals surface area contributed by atoms with E-state index in [4.69, 9.17) is 25.5 Å². The lowest BCUT2D eigenvalue weighted by Crippen LogP contribution is -2.46. The summed E-state index contributed by atoms with van der Waals surface area (Å²) >= 11 is 6.08. The highest BCUT2D eigenvalue weighted by Gasteiger charge is 2.40. The zero-order valence-corrected chi connectivity index (χ0v) is 26.8. The van der Waals surface area contributed by atoms with Crippen LogP contribution in [0.2, 0.25) is 5.02 Å². The van der Waals surface area contributed by atoms with E-state index in [1.165, 1.54) is 18.1 Å². The van der Waals surface area contributed by atoms with Crippen LogP contribution in [0.4, 0.5) is 0 Å². The maximum absolute atomic E-state index is 13.7. The summed E-state index contributed by atoms with van der Waals surface area (Å²) in [5, 5.41) is 17.0. The summed E-state index contributed by atoms with van der Waals surface area (Å²) in [6, 6.07) is 12.1. The number of imidazole rings is 1. The highest BCUT2D eigenvalue weighted by molar-refractivity contribution is 6.30. The molecule has 7 rings (SSSR count). The lowest BCUT2D eigenvalue weighted by molar-refractivity contribution is -0.138. The molecule has 5 aromatic rings. The topological polar surface area (TPSA) is 161 Å². The lowest BCUT2D eigenvalue weighted by atomic mass is 10.1. The Kier molecular flexibility index (Phi) is 8.13. The second-order valence-electron chi connectivity index (χ2n) is 11.7. The van der Waals surface area contributed by atoms with Crippen molar-refractivity contribution in [3.8, 4) is 34.5 Å². The number of hydrogen-bond donors (Lipinski definition) is 3. The Labute approximate surface area is 279 Å². The molecule has 2 aliphatic rings. The maximum atomic E-state index is 13.7. The van der Waals surface area contributed by atoms with Gasteiger partial charge in [-0.3, -0.25) is 14.4 Å². The Balaban J connectivity index is 1.17. The number of aryl methyl sites for hydroxylation is 2. The third kappa shape index (κ3) is 6.11. The molecular formula is C34H31ClN6O7. The lowest BCUT2D eigenvalue weighted by Gasteiger charge is -2.24. The number of rotatable bonds is 3. The number of aromatic nitrogens is 3. The first-order chi connectivity index (χ1) is 23.1. The van der Waals surface area contributed by atoms with Gasteiger partial charge in [-0.25, -0.2) is 9.97 Å². The zero-order chi connectivity index (χ0) is 33.5. The fourth-order valence-electron chi connectivity index (χ4n) is 6.00. The fourth-order valence-corrected chi connectivity index (χ4v) is 6.17. The Hall–Kier alpha value is -5.56. The average Bonchev–Trinajstić information content (AvgIpc) is 3.80. The van der Waals surface area contributed by atoms with Gasteiger partial charge in [0.1, 0.15) is 28.8 Å². The smallest absolute Gasteiger partial charge is 0.271 e. The molecule has 1 fully saturated rings. The van der Waals surface area contributed by atoms with Gasteiger partial charge in [0.05, 0.1) is 18.7 Å². The Morgan fingerprint density at radius 2 is 1.94 bits per heavy atom. The minimum Gasteiger partial charge on any atom is -0.504 e. The average molecular weight is 671 g/mol. The fraction of sp³-hybridized carbons (Fsp3) is 0.265. The molecule has 14 heteroatoms. The second-order valence-corrected chi connectivity index (χ2v) is 12.2. The van der Waals surface area contributed by atoms with Crippen LogP contribution in [0, 0.1) is 6.92 Å². The molecule has 5 heterocycles. The molecule has 0 spiro atoms. The summed E-state index contributed by atoms with van der Waals surface area (Å²) in [6.07, 6.45) is 3.82. The molecular weight excluding hydrogens is 640 g/mol. The van der Waals surface area contributed by atoms with E-state index in [2.05, 4.69) is 20.6 Å². The first kappa shape index (κ1) is 31.1. The monoisotopic (exact) mass is 670 g/mol. The number of carbonyl (C=O) groups is 3. The molecule has 2 atom stereocenters. The molecule has 3 amide bonds. The third-order valence-corrected chi connectivity index (χ3v) is 8.74. The van der Waals surface area contributed by atoms with Crippen molar-refractivity contribution in [2.75, 3.05) is 13.7 Å². The molecule has 0 unspecified atom stereocenters. The molecule has 3 aromatic heterocycles. The van der Waals surface area contributed by atoms with Crippen LogP contribution in [-0.2, 0) is 22.6 Å². The Bertz CT molecular complexity index is 2070. The number of ether oxygens (including phenoxy) is 2. The van der Waals surface area contributed by atoms with Gasteiger partial charge in [0.15, 0.2) is 23.0 Å². The van der Waals surface area contributed by atoms with Crippen molar-refractivity contribution in [2.24, 2.45) is 0 Å². The van der Waals surface area contributed by atoms with E-state index >= 15 is 0 Å². The van der Waals surface area contributed by atoms with Crippen LogP contribution in [0.3, 0.4) is 0 Å². The number of benzene rings is 2. The molecule has 48 heavy (non-hydrogen) atoms. The molecule has 1 saturated heterocycles. The van der Waals surface area contributed by atoms with E-state index in [0.29, 0.717) is 51.5 Å². The second kappa shape index (κ2) is 12.6. The summed E-state index contributed by atoms with van der Waals surface area (Å²) in [7, 11) is 1.51. The van der Waals surface area contributed by atoms with Gasteiger partial charge in [-0.15, -0.1) is 0 Å². The molecule has 0 saturated carbocycles. The molecule has 0 radical (unpaired) electrons. The maximum Gasteiger partial charge on any atom is 0.271 e. The number of carbonyl (C=O) groups excluding carboxylic acids is 3. The standard InChI is InChI=1S/C34H31ClN6O7/c1-18-23-14-36-33(45)25-13-22(37-32(44)24-17-40-15-21(35)6-9-30(40)38-24)16-41(25)31(43)10-4-19-3-7-26(42)28(11-19)48-29-12-20(34(39-23)47-18)5-8-27(29)46-2/h3,5-9,11-12,15,17,22,25,42H,4,10,13-14,16H2,1-2H3,(H,36,45)(H,37,44)/t22-,25-/m0/s1. The summed E-state index contributed by atoms with van der Waals surface area (Å²) in [5.41, 5.74) is 2.59. The number of pyridine rings is 1. The van der Waals surface area contributed by atoms with Gasteiger partial charge in [0.25, 0.3) is 5.91 Å². The van der Waals surface area contributed by atoms with E-state index in [1.54, 1.807) is 66.2 Å². The number of amides is 3. The summed E-state index contributed by atoms with van der Waals surface area (Å²) in [4.78, 5) is 51.0. The number of nitrogens with zero attached hydrogens (tertiary/aromatic N) is 4. The number of halogens is 1. The van der Waals surface area contributed by atoms with Crippen molar-refractivity contribution in [3.63, 3.8) is 0 Å². The zero-order valence-electron chi connectivity index (χ0n) is 26.0. The van der Waals surface area contributed by atoms with Crippen molar-refractivity contribution in [1.29, 1.82) is 0 Å². The molecule has 2 aliphatic heterocycles. The number of fused-ring (bicyclic) bond motifs is 9. The van der Waals surface area contributed by atoms with Crippen molar-refractivity contribution in [2.45, 2.75) is 44.8 Å². The Morgan fingerprint density at radius 3 is 2.77 bits per heavy atom. The SMILES string of the molecule is COc1ccc2cc1Oc1cc(ccc1O)CCC(=O)N1C[C@@H](NC(=O)c3cn4cc(Cl)ccc4n3)C[C@H]1C(=O)NCc1nc-2oc1C. The van der Waals surface area contributed by atoms with Crippen LogP contribution < -0.4 is 20.1 Å². The van der Waals surface area contributed by atoms with E-state index in [-0.39, 0.29) is 54.9 Å². The quantitative estimate of drug-likeness (QED) is 0.252. The van der Waals surface area contributed by atoms with Crippen molar-refractivity contribution >= 4 is 35.0 Å². The van der Waals surface area contributed by atoms with Crippen molar-refractivity contribution in [1.82, 2.24) is 29.9 Å². The van der Waals surface area contributed by atoms with Crippen LogP contribution in [0.15, 0.2) is 65.3 Å². The first-order valence-corrected chi connectivity index (χ1v) is 15.7. The number of nitrogens with one attached hydrogen (secondary N) is 2. The summed E-state index contributed by atoms with van der Waals surface area (Å²) < 4.78 is 19.2. The van der Waals surface area contributed by atoms with Crippen LogP contribution in [-0.4, -0.2) is 67.8 Å². The molecule has 13 nitrogen and oxygen atoms in total. The van der Waals surface area contributed by atoms with Gasteiger partial charge in [-0.05, 0) is 67.8 Å². The van der Waals surface area contributed by atoms with Crippen molar-refractivity contribution < 1.29 is 33.4 Å². The highest BCUT2D eigenvalue weighted by atomic mass is 35.5. The van der Waals surface area contributed by atoms with Crippen LogP contribution in [0.25, 0.3) is 17.1 Å². The number of phenols is 1. The van der Waals surface area contributed by atoms with E-state index in [1.807, 2.05) is 0 Å². The third-order valence-electron chi connectivity index (χ3n) is 8.51. The number of methoxy groups -OCH3 is 1. The van der Waals surface area contributed by atoms with Gasteiger partial charge in [0.2, 0.25) is 17.7 Å². The molecule has 0 aliphatic carbocycles. The van der Waals surface area contributed by atoms with Crippen LogP contribution in [0.5, 0.6) is 23.0 Å². The number of aromatic hydroxyl groups is 1. The van der Waals surface area contributed by atoms with E-state index in [0.717, 1.165) is 5.56 Å². The van der Waals surface area contributed by atoms with Crippen LogP contribution in [0.1, 0.15) is 40.3 Å². The van der Waals surface area contributed by atoms with Gasteiger partial charge in [-0.2, -0.15) is 0 Å². The molecule has 6 bridgehead atoms. The van der Waals surface area contributed by atoms with Crippen molar-refractivity contribution in [3.05, 3.63) is 88.7 Å². The Morgan fingerprint density at radius 1 is 1.08 bits per heavy atom. The minimum atomic E-state index is -0.837. The van der Waals surface area contributed by atoms with E-state index < -0.39 is 18.0 Å². The summed E-state index contributed by atoms with van der Waals surface area (Å²) in [5.74, 6) is 0.576. The largest absolute Gasteiger partial charge is 0.504 e. The predicted octanol–water partition coefficient (Wildman–Crippen LogP) is 4.42. The van der Waals surface area contributed by atoms with Gasteiger partial charge >= 0.3 is 0 Å². The molecule has 246 valence electrons. The van der Waals surface area contributed by atoms with Gasteiger partial charge in [-0.1, -0.05) is 17.7 Å². The number of phenolic OH excluding ortho intramolecular Hbond substituents is 1. The van der Waals surface area contributed by atoms with Gasteiger partial charge in [0, 0.05) is 37.0 Å². The van der Waals surface area contributed by atoms with Gasteiger partial charge < -0.3 is 38.9 Å². The van der Waals surface area contributed by atoms with E-state index in [9.17, 15) is 19.5 Å².